The largest absolute Gasteiger partial charge is 0.364 e. The number of nitrogens with one attached hydrogen (secondary N) is 1. The van der Waals surface area contributed by atoms with Crippen molar-refractivity contribution < 1.29 is 4.39 Å². The summed E-state index contributed by atoms with van der Waals surface area (Å²) in [6.45, 7) is 6.11. The molecule has 2 aromatic heterocycles. The molecule has 2 heterocycles. The molecule has 3 rings (SSSR count). The lowest BCUT2D eigenvalue weighted by molar-refractivity contribution is 0.608. The fraction of sp³-hybridized carbons (Fsp3) is 0.250. The third-order valence-electron chi connectivity index (χ3n) is 3.47. The monoisotopic (exact) mass is 284 g/mol. The standard InChI is InChI=1S/C16H17FN4/c1-10-6-13(7-11(2)15(10)17)9-19-16-14-8-12(3)20-21(14)5-4-18-16/h4-8H,9H2,1-3H3,(H,18,19). The smallest absolute Gasteiger partial charge is 0.152 e. The number of nitrogens with zero attached hydrogens (tertiary/aromatic N) is 3. The Kier molecular flexibility index (Phi) is 3.33. The molecular formula is C16H17FN4. The molecule has 4 nitrogen and oxygen atoms in total. The molecule has 0 aliphatic carbocycles. The fourth-order valence-electron chi connectivity index (χ4n) is 2.50. The maximum absolute atomic E-state index is 13.6. The summed E-state index contributed by atoms with van der Waals surface area (Å²) in [5.74, 6) is 0.642. The predicted molar refractivity (Wildman–Crippen MR) is 80.9 cm³/mol. The van der Waals surface area contributed by atoms with Crippen molar-refractivity contribution in [3.8, 4) is 0 Å². The van der Waals surface area contributed by atoms with E-state index in [9.17, 15) is 4.39 Å². The van der Waals surface area contributed by atoms with Gasteiger partial charge in [0.15, 0.2) is 5.82 Å². The van der Waals surface area contributed by atoms with Gasteiger partial charge in [-0.05, 0) is 43.5 Å². The molecule has 0 bridgehead atoms. The molecule has 0 spiro atoms. The van der Waals surface area contributed by atoms with Crippen molar-refractivity contribution in [3.63, 3.8) is 0 Å². The highest BCUT2D eigenvalue weighted by Gasteiger charge is 2.07. The van der Waals surface area contributed by atoms with E-state index < -0.39 is 0 Å². The Balaban J connectivity index is 1.87. The van der Waals surface area contributed by atoms with Crippen molar-refractivity contribution >= 4 is 11.3 Å². The van der Waals surface area contributed by atoms with Crippen LogP contribution in [0.25, 0.3) is 5.52 Å². The molecule has 0 aliphatic heterocycles. The zero-order valence-electron chi connectivity index (χ0n) is 12.3. The second-order valence-electron chi connectivity index (χ2n) is 5.29. The van der Waals surface area contributed by atoms with Gasteiger partial charge in [0, 0.05) is 18.9 Å². The molecule has 3 aromatic rings. The van der Waals surface area contributed by atoms with Crippen molar-refractivity contribution in [2.75, 3.05) is 5.32 Å². The predicted octanol–water partition coefficient (Wildman–Crippen LogP) is 3.41. The summed E-state index contributed by atoms with van der Waals surface area (Å²) in [5.41, 5.74) is 4.24. The van der Waals surface area contributed by atoms with Gasteiger partial charge in [0.2, 0.25) is 0 Å². The van der Waals surface area contributed by atoms with E-state index in [2.05, 4.69) is 15.4 Å². The van der Waals surface area contributed by atoms with E-state index >= 15 is 0 Å². The quantitative estimate of drug-likeness (QED) is 0.801. The summed E-state index contributed by atoms with van der Waals surface area (Å²) in [7, 11) is 0. The Morgan fingerprint density at radius 1 is 1.14 bits per heavy atom. The first-order chi connectivity index (χ1) is 10.0. The number of halogens is 1. The minimum absolute atomic E-state index is 0.134. The van der Waals surface area contributed by atoms with E-state index in [1.165, 1.54) is 0 Å². The molecule has 1 aromatic carbocycles. The Bertz CT molecular complexity index is 784. The highest BCUT2D eigenvalue weighted by molar-refractivity contribution is 5.67. The van der Waals surface area contributed by atoms with Crippen molar-refractivity contribution in [1.82, 2.24) is 14.6 Å². The molecule has 0 atom stereocenters. The van der Waals surface area contributed by atoms with E-state index in [1.54, 1.807) is 24.6 Å². The van der Waals surface area contributed by atoms with Gasteiger partial charge < -0.3 is 5.32 Å². The molecule has 0 fully saturated rings. The van der Waals surface area contributed by atoms with Crippen LogP contribution in [0.5, 0.6) is 0 Å². The molecule has 21 heavy (non-hydrogen) atoms. The number of hydrogen-bond acceptors (Lipinski definition) is 3. The zero-order valence-corrected chi connectivity index (χ0v) is 12.3. The van der Waals surface area contributed by atoms with Crippen LogP contribution >= 0.6 is 0 Å². The van der Waals surface area contributed by atoms with Gasteiger partial charge in [0.05, 0.1) is 5.69 Å². The van der Waals surface area contributed by atoms with E-state index in [4.69, 9.17) is 0 Å². The maximum atomic E-state index is 13.6. The van der Waals surface area contributed by atoms with Crippen molar-refractivity contribution in [2.45, 2.75) is 27.3 Å². The molecule has 1 N–H and O–H groups in total. The Morgan fingerprint density at radius 3 is 2.57 bits per heavy atom. The minimum Gasteiger partial charge on any atom is -0.364 e. The first-order valence-electron chi connectivity index (χ1n) is 6.85. The molecule has 0 radical (unpaired) electrons. The van der Waals surface area contributed by atoms with Gasteiger partial charge in [0.1, 0.15) is 11.3 Å². The third kappa shape index (κ3) is 2.59. The third-order valence-corrected chi connectivity index (χ3v) is 3.47. The summed E-state index contributed by atoms with van der Waals surface area (Å²) in [4.78, 5) is 4.35. The molecule has 0 amide bonds. The highest BCUT2D eigenvalue weighted by atomic mass is 19.1. The number of hydrogen-bond donors (Lipinski definition) is 1. The molecular weight excluding hydrogens is 267 g/mol. The normalized spacial score (nSPS) is 11.0. The van der Waals surface area contributed by atoms with E-state index in [0.29, 0.717) is 17.7 Å². The number of rotatable bonds is 3. The molecule has 0 saturated heterocycles. The van der Waals surface area contributed by atoms with Crippen LogP contribution in [0, 0.1) is 26.6 Å². The molecule has 0 saturated carbocycles. The number of aromatic nitrogens is 3. The second kappa shape index (κ2) is 5.16. The van der Waals surface area contributed by atoms with Gasteiger partial charge >= 0.3 is 0 Å². The first-order valence-corrected chi connectivity index (χ1v) is 6.85. The van der Waals surface area contributed by atoms with E-state index in [0.717, 1.165) is 22.6 Å². The maximum Gasteiger partial charge on any atom is 0.152 e. The van der Waals surface area contributed by atoms with Crippen LogP contribution in [-0.2, 0) is 6.54 Å². The van der Waals surface area contributed by atoms with Crippen LogP contribution in [0.1, 0.15) is 22.4 Å². The minimum atomic E-state index is -0.134. The van der Waals surface area contributed by atoms with Crippen LogP contribution in [0.2, 0.25) is 0 Å². The summed E-state index contributed by atoms with van der Waals surface area (Å²) < 4.78 is 15.4. The lowest BCUT2D eigenvalue weighted by Gasteiger charge is -2.09. The van der Waals surface area contributed by atoms with Gasteiger partial charge in [-0.25, -0.2) is 13.9 Å². The number of fused-ring (bicyclic) bond motifs is 1. The summed E-state index contributed by atoms with van der Waals surface area (Å²) >= 11 is 0. The number of anilines is 1. The summed E-state index contributed by atoms with van der Waals surface area (Å²) in [6, 6.07) is 5.70. The zero-order chi connectivity index (χ0) is 15.0. The average Bonchev–Trinajstić information content (AvgIpc) is 2.83. The second-order valence-corrected chi connectivity index (χ2v) is 5.29. The average molecular weight is 284 g/mol. The molecule has 108 valence electrons. The number of aryl methyl sites for hydroxylation is 3. The van der Waals surface area contributed by atoms with Crippen LogP contribution in [0.15, 0.2) is 30.6 Å². The Hall–Kier alpha value is -2.43. The highest BCUT2D eigenvalue weighted by Crippen LogP contribution is 2.18. The molecule has 0 unspecified atom stereocenters. The lowest BCUT2D eigenvalue weighted by atomic mass is 10.1. The van der Waals surface area contributed by atoms with Crippen LogP contribution < -0.4 is 5.32 Å². The summed E-state index contributed by atoms with van der Waals surface area (Å²) in [5, 5.41) is 7.65. The van der Waals surface area contributed by atoms with Crippen molar-refractivity contribution in [2.24, 2.45) is 0 Å². The van der Waals surface area contributed by atoms with Gasteiger partial charge in [-0.1, -0.05) is 12.1 Å². The lowest BCUT2D eigenvalue weighted by Crippen LogP contribution is -2.04. The Morgan fingerprint density at radius 2 is 1.86 bits per heavy atom. The van der Waals surface area contributed by atoms with E-state index in [-0.39, 0.29) is 5.82 Å². The van der Waals surface area contributed by atoms with Gasteiger partial charge in [-0.2, -0.15) is 5.10 Å². The van der Waals surface area contributed by atoms with Gasteiger partial charge in [-0.3, -0.25) is 0 Å². The summed E-state index contributed by atoms with van der Waals surface area (Å²) in [6.07, 6.45) is 3.53. The van der Waals surface area contributed by atoms with Crippen LogP contribution in [0.4, 0.5) is 10.2 Å². The van der Waals surface area contributed by atoms with E-state index in [1.807, 2.05) is 31.3 Å². The first kappa shape index (κ1) is 13.5. The number of benzene rings is 1. The molecule has 0 aliphatic rings. The van der Waals surface area contributed by atoms with Crippen LogP contribution in [-0.4, -0.2) is 14.6 Å². The molecule has 5 heteroatoms. The Labute approximate surface area is 122 Å². The fourth-order valence-corrected chi connectivity index (χ4v) is 2.50. The van der Waals surface area contributed by atoms with Crippen molar-refractivity contribution in [3.05, 3.63) is 58.8 Å². The van der Waals surface area contributed by atoms with Crippen LogP contribution in [0.3, 0.4) is 0 Å². The van der Waals surface area contributed by atoms with Gasteiger partial charge in [-0.15, -0.1) is 0 Å². The van der Waals surface area contributed by atoms with Gasteiger partial charge in [0.25, 0.3) is 0 Å². The topological polar surface area (TPSA) is 42.2 Å². The van der Waals surface area contributed by atoms with Crippen molar-refractivity contribution in [1.29, 1.82) is 0 Å². The SMILES string of the molecule is Cc1cc2c(NCc3cc(C)c(F)c(C)c3)nccn2n1.